The molecule has 0 radical (unpaired) electrons. The highest BCUT2D eigenvalue weighted by atomic mass is 19.1. The second kappa shape index (κ2) is 7.42. The van der Waals surface area contributed by atoms with Crippen molar-refractivity contribution in [2.24, 2.45) is 11.7 Å². The van der Waals surface area contributed by atoms with Crippen LogP contribution >= 0.6 is 0 Å². The molecule has 1 aliphatic rings. The van der Waals surface area contributed by atoms with Gasteiger partial charge in [0, 0.05) is 13.1 Å². The Kier molecular flexibility index (Phi) is 5.58. The summed E-state index contributed by atoms with van der Waals surface area (Å²) >= 11 is 0. The highest BCUT2D eigenvalue weighted by Crippen LogP contribution is 2.27. The van der Waals surface area contributed by atoms with Crippen LogP contribution in [0, 0.1) is 23.6 Å². The van der Waals surface area contributed by atoms with Gasteiger partial charge in [0.15, 0.2) is 0 Å². The first kappa shape index (κ1) is 15.0. The van der Waals surface area contributed by atoms with Gasteiger partial charge in [0.2, 0.25) is 0 Å². The number of rotatable bonds is 5. The Labute approximate surface area is 121 Å². The molecular weight excluding hydrogens is 251 g/mol. The smallest absolute Gasteiger partial charge is 0.138 e. The first-order valence-corrected chi connectivity index (χ1v) is 7.42. The van der Waals surface area contributed by atoms with Crippen LogP contribution in [0.15, 0.2) is 18.2 Å². The highest BCUT2D eigenvalue weighted by molar-refractivity contribution is 5.38. The summed E-state index contributed by atoms with van der Waals surface area (Å²) in [5, 5.41) is 0. The largest absolute Gasteiger partial charge is 0.320 e. The van der Waals surface area contributed by atoms with Crippen LogP contribution in [0.1, 0.15) is 37.3 Å². The highest BCUT2D eigenvalue weighted by Gasteiger charge is 2.20. The van der Waals surface area contributed by atoms with Crippen LogP contribution in [-0.4, -0.2) is 24.5 Å². The molecule has 0 aliphatic heterocycles. The Morgan fingerprint density at radius 2 is 2.20 bits per heavy atom. The molecule has 0 unspecified atom stereocenters. The monoisotopic (exact) mass is 274 g/mol. The molecule has 2 nitrogen and oxygen atoms in total. The standard InChI is InChI=1S/C17H23FN2/c1-2-20(12-14-5-3-6-14)13-15-8-9-17(18)16(11-15)7-4-10-19/h8-9,11,14H,2-3,5-6,10,12-13,19H2,1H3. The minimum absolute atomic E-state index is 0.256. The molecule has 108 valence electrons. The molecule has 1 aliphatic carbocycles. The van der Waals surface area contributed by atoms with Crippen molar-refractivity contribution >= 4 is 0 Å². The van der Waals surface area contributed by atoms with Crippen LogP contribution < -0.4 is 5.73 Å². The van der Waals surface area contributed by atoms with Crippen LogP contribution in [0.3, 0.4) is 0 Å². The molecule has 1 saturated carbocycles. The number of nitrogens with zero attached hydrogens (tertiary/aromatic N) is 1. The zero-order valence-corrected chi connectivity index (χ0v) is 12.2. The van der Waals surface area contributed by atoms with Gasteiger partial charge >= 0.3 is 0 Å². The third-order valence-corrected chi connectivity index (χ3v) is 3.95. The lowest BCUT2D eigenvalue weighted by molar-refractivity contribution is 0.178. The Bertz CT molecular complexity index is 497. The second-order valence-electron chi connectivity index (χ2n) is 5.44. The van der Waals surface area contributed by atoms with Crippen molar-refractivity contribution in [3.8, 4) is 11.8 Å². The molecule has 2 rings (SSSR count). The first-order chi connectivity index (χ1) is 9.72. The minimum atomic E-state index is -0.267. The van der Waals surface area contributed by atoms with Gasteiger partial charge in [0.1, 0.15) is 5.82 Å². The molecule has 1 aromatic carbocycles. The molecule has 0 aromatic heterocycles. The van der Waals surface area contributed by atoms with E-state index in [1.165, 1.54) is 25.3 Å². The lowest BCUT2D eigenvalue weighted by Gasteiger charge is -2.31. The van der Waals surface area contributed by atoms with E-state index in [1.54, 1.807) is 0 Å². The summed E-state index contributed by atoms with van der Waals surface area (Å²) in [4.78, 5) is 2.43. The fourth-order valence-corrected chi connectivity index (χ4v) is 2.52. The lowest BCUT2D eigenvalue weighted by Crippen LogP contribution is -2.32. The van der Waals surface area contributed by atoms with E-state index in [2.05, 4.69) is 23.7 Å². The fraction of sp³-hybridized carbons (Fsp3) is 0.529. The molecule has 0 amide bonds. The quantitative estimate of drug-likeness (QED) is 0.837. The van der Waals surface area contributed by atoms with Crippen LogP contribution in [-0.2, 0) is 6.54 Å². The van der Waals surface area contributed by atoms with Gasteiger partial charge < -0.3 is 5.73 Å². The molecule has 3 heteroatoms. The van der Waals surface area contributed by atoms with Gasteiger partial charge in [-0.25, -0.2) is 4.39 Å². The molecule has 0 bridgehead atoms. The molecule has 1 fully saturated rings. The van der Waals surface area contributed by atoms with E-state index >= 15 is 0 Å². The number of hydrogen-bond acceptors (Lipinski definition) is 2. The first-order valence-electron chi connectivity index (χ1n) is 7.42. The molecule has 0 atom stereocenters. The maximum Gasteiger partial charge on any atom is 0.138 e. The summed E-state index contributed by atoms with van der Waals surface area (Å²) in [5.41, 5.74) is 6.91. The number of halogens is 1. The summed E-state index contributed by atoms with van der Waals surface area (Å²) in [6.07, 6.45) is 4.08. The van der Waals surface area contributed by atoms with Crippen molar-refractivity contribution in [1.29, 1.82) is 0 Å². The van der Waals surface area contributed by atoms with E-state index < -0.39 is 0 Å². The average Bonchev–Trinajstić information content (AvgIpc) is 2.41. The van der Waals surface area contributed by atoms with Gasteiger partial charge in [-0.05, 0) is 43.0 Å². The summed E-state index contributed by atoms with van der Waals surface area (Å²) in [6.45, 7) is 5.48. The summed E-state index contributed by atoms with van der Waals surface area (Å²) in [6, 6.07) is 5.21. The van der Waals surface area contributed by atoms with Crippen LogP contribution in [0.2, 0.25) is 0 Å². The predicted molar refractivity (Wildman–Crippen MR) is 80.6 cm³/mol. The Morgan fingerprint density at radius 3 is 2.80 bits per heavy atom. The van der Waals surface area contributed by atoms with E-state index in [1.807, 2.05) is 12.1 Å². The zero-order chi connectivity index (χ0) is 14.4. The number of benzene rings is 1. The van der Waals surface area contributed by atoms with Crippen LogP contribution in [0.4, 0.5) is 4.39 Å². The number of hydrogen-bond donors (Lipinski definition) is 1. The van der Waals surface area contributed by atoms with Crippen molar-refractivity contribution < 1.29 is 4.39 Å². The zero-order valence-electron chi connectivity index (χ0n) is 12.2. The van der Waals surface area contributed by atoms with Crippen LogP contribution in [0.25, 0.3) is 0 Å². The van der Waals surface area contributed by atoms with Gasteiger partial charge in [-0.2, -0.15) is 0 Å². The molecule has 0 spiro atoms. The third-order valence-electron chi connectivity index (χ3n) is 3.95. The van der Waals surface area contributed by atoms with Gasteiger partial charge in [0.05, 0.1) is 12.1 Å². The second-order valence-corrected chi connectivity index (χ2v) is 5.44. The summed E-state index contributed by atoms with van der Waals surface area (Å²) in [5.74, 6) is 6.10. The van der Waals surface area contributed by atoms with Crippen LogP contribution in [0.5, 0.6) is 0 Å². The number of nitrogens with two attached hydrogens (primary N) is 1. The van der Waals surface area contributed by atoms with E-state index in [9.17, 15) is 4.39 Å². The van der Waals surface area contributed by atoms with Gasteiger partial charge in [-0.1, -0.05) is 31.3 Å². The fourth-order valence-electron chi connectivity index (χ4n) is 2.52. The molecule has 2 N–H and O–H groups in total. The van der Waals surface area contributed by atoms with Crippen molar-refractivity contribution in [1.82, 2.24) is 4.90 Å². The molecule has 0 heterocycles. The summed E-state index contributed by atoms with van der Waals surface area (Å²) in [7, 11) is 0. The predicted octanol–water partition coefficient (Wildman–Crippen LogP) is 2.76. The van der Waals surface area contributed by atoms with Crippen molar-refractivity contribution in [2.75, 3.05) is 19.6 Å². The Balaban J connectivity index is 2.03. The van der Waals surface area contributed by atoms with E-state index in [4.69, 9.17) is 5.73 Å². The van der Waals surface area contributed by atoms with E-state index in [0.717, 1.165) is 31.1 Å². The van der Waals surface area contributed by atoms with Crippen molar-refractivity contribution in [2.45, 2.75) is 32.7 Å². The molecule has 0 saturated heterocycles. The topological polar surface area (TPSA) is 29.3 Å². The lowest BCUT2D eigenvalue weighted by atomic mass is 9.85. The summed E-state index contributed by atoms with van der Waals surface area (Å²) < 4.78 is 13.6. The normalized spacial score (nSPS) is 14.8. The van der Waals surface area contributed by atoms with E-state index in [0.29, 0.717) is 5.56 Å². The maximum atomic E-state index is 13.6. The Hall–Kier alpha value is -1.37. The third kappa shape index (κ3) is 4.06. The molecule has 1 aromatic rings. The average molecular weight is 274 g/mol. The van der Waals surface area contributed by atoms with Gasteiger partial charge in [0.25, 0.3) is 0 Å². The molecule has 20 heavy (non-hydrogen) atoms. The molecular formula is C17H23FN2. The SMILES string of the molecule is CCN(Cc1ccc(F)c(C#CCN)c1)CC1CCC1. The minimum Gasteiger partial charge on any atom is -0.320 e. The van der Waals surface area contributed by atoms with E-state index in [-0.39, 0.29) is 12.4 Å². The van der Waals surface area contributed by atoms with Crippen molar-refractivity contribution in [3.63, 3.8) is 0 Å². The van der Waals surface area contributed by atoms with Crippen molar-refractivity contribution in [3.05, 3.63) is 35.1 Å². The van der Waals surface area contributed by atoms with Gasteiger partial charge in [-0.15, -0.1) is 0 Å². The maximum absolute atomic E-state index is 13.6. The Morgan fingerprint density at radius 1 is 1.40 bits per heavy atom. The van der Waals surface area contributed by atoms with Gasteiger partial charge in [-0.3, -0.25) is 4.90 Å².